The lowest BCUT2D eigenvalue weighted by Gasteiger charge is -2.36. The Kier molecular flexibility index (Phi) is 6.69. The van der Waals surface area contributed by atoms with Crippen molar-refractivity contribution < 1.29 is 23.8 Å². The zero-order valence-electron chi connectivity index (χ0n) is 16.9. The fraction of sp³-hybridized carbons (Fsp3) is 0.409. The number of methoxy groups -OCH3 is 2. The molecule has 1 amide bonds. The van der Waals surface area contributed by atoms with E-state index in [1.54, 1.807) is 38.7 Å². The Morgan fingerprint density at radius 3 is 2.55 bits per heavy atom. The minimum atomic E-state index is -0.293. The summed E-state index contributed by atoms with van der Waals surface area (Å²) in [5, 5.41) is 3.13. The van der Waals surface area contributed by atoms with Crippen molar-refractivity contribution in [2.24, 2.45) is 0 Å². The monoisotopic (exact) mass is 398 g/mol. The molecule has 154 valence electrons. The molecule has 2 aromatic rings. The molecule has 0 spiro atoms. The Morgan fingerprint density at radius 2 is 1.90 bits per heavy atom. The van der Waals surface area contributed by atoms with Gasteiger partial charge >= 0.3 is 5.97 Å². The van der Waals surface area contributed by atoms with Crippen LogP contribution >= 0.6 is 0 Å². The number of benzene rings is 1. The van der Waals surface area contributed by atoms with E-state index < -0.39 is 0 Å². The van der Waals surface area contributed by atoms with Gasteiger partial charge in [0.2, 0.25) is 0 Å². The minimum absolute atomic E-state index is 0.0338. The van der Waals surface area contributed by atoms with Crippen LogP contribution in [0, 0.1) is 0 Å². The topological polar surface area (TPSA) is 86.8 Å². The first-order valence-electron chi connectivity index (χ1n) is 9.61. The van der Waals surface area contributed by atoms with Crippen LogP contribution in [0.15, 0.2) is 42.7 Å². The first kappa shape index (κ1) is 20.6. The number of rotatable bonds is 6. The van der Waals surface area contributed by atoms with Crippen molar-refractivity contribution in [2.75, 3.05) is 14.2 Å². The summed E-state index contributed by atoms with van der Waals surface area (Å²) in [4.78, 5) is 28.2. The molecule has 1 fully saturated rings. The molecule has 0 aliphatic heterocycles. The summed E-state index contributed by atoms with van der Waals surface area (Å²) in [6.07, 6.45) is 5.01. The number of carbonyl (C=O) groups is 2. The van der Waals surface area contributed by atoms with E-state index >= 15 is 0 Å². The van der Waals surface area contributed by atoms with E-state index in [-0.39, 0.29) is 29.9 Å². The van der Waals surface area contributed by atoms with Crippen LogP contribution in [0.4, 0.5) is 0 Å². The van der Waals surface area contributed by atoms with Crippen LogP contribution in [0.3, 0.4) is 0 Å². The highest BCUT2D eigenvalue weighted by molar-refractivity contribution is 5.94. The van der Waals surface area contributed by atoms with Gasteiger partial charge in [0.1, 0.15) is 6.10 Å². The molecule has 0 saturated heterocycles. The minimum Gasteiger partial charge on any atom is -0.493 e. The van der Waals surface area contributed by atoms with E-state index in [4.69, 9.17) is 14.2 Å². The number of aromatic nitrogens is 1. The van der Waals surface area contributed by atoms with Gasteiger partial charge in [-0.15, -0.1) is 0 Å². The third-order valence-corrected chi connectivity index (χ3v) is 5.21. The summed E-state index contributed by atoms with van der Waals surface area (Å²) < 4.78 is 16.2. The fourth-order valence-corrected chi connectivity index (χ4v) is 3.85. The van der Waals surface area contributed by atoms with Gasteiger partial charge in [0.15, 0.2) is 11.5 Å². The van der Waals surface area contributed by atoms with Crippen LogP contribution in [0.2, 0.25) is 0 Å². The SMILES string of the molecule is COc1ccc(C2CC(OC(C)=O)CCC2NC(=O)c2cccnc2)cc1OC. The maximum atomic E-state index is 12.7. The van der Waals surface area contributed by atoms with E-state index in [2.05, 4.69) is 10.3 Å². The van der Waals surface area contributed by atoms with Crippen molar-refractivity contribution >= 4 is 11.9 Å². The molecule has 7 nitrogen and oxygen atoms in total. The normalized spacial score (nSPS) is 21.1. The fourth-order valence-electron chi connectivity index (χ4n) is 3.85. The van der Waals surface area contributed by atoms with Crippen LogP contribution in [0.5, 0.6) is 11.5 Å². The molecule has 1 heterocycles. The van der Waals surface area contributed by atoms with Crippen molar-refractivity contribution in [3.05, 3.63) is 53.9 Å². The molecule has 1 aromatic heterocycles. The molecule has 3 unspecified atom stereocenters. The summed E-state index contributed by atoms with van der Waals surface area (Å²) in [7, 11) is 3.18. The van der Waals surface area contributed by atoms with Gasteiger partial charge in [-0.3, -0.25) is 14.6 Å². The maximum absolute atomic E-state index is 12.7. The first-order chi connectivity index (χ1) is 14.0. The Bertz CT molecular complexity index is 856. The number of hydrogen-bond acceptors (Lipinski definition) is 6. The Balaban J connectivity index is 1.86. The predicted molar refractivity (Wildman–Crippen MR) is 107 cm³/mol. The van der Waals surface area contributed by atoms with Gasteiger partial charge in [0.05, 0.1) is 19.8 Å². The molecule has 1 saturated carbocycles. The number of esters is 1. The smallest absolute Gasteiger partial charge is 0.302 e. The highest BCUT2D eigenvalue weighted by Crippen LogP contribution is 2.38. The van der Waals surface area contributed by atoms with Gasteiger partial charge in [-0.05, 0) is 49.1 Å². The van der Waals surface area contributed by atoms with Gasteiger partial charge in [0.25, 0.3) is 5.91 Å². The van der Waals surface area contributed by atoms with Crippen LogP contribution < -0.4 is 14.8 Å². The third kappa shape index (κ3) is 5.04. The van der Waals surface area contributed by atoms with Gasteiger partial charge in [-0.2, -0.15) is 0 Å². The predicted octanol–water partition coefficient (Wildman–Crippen LogP) is 3.10. The lowest BCUT2D eigenvalue weighted by atomic mass is 9.78. The van der Waals surface area contributed by atoms with Crippen LogP contribution in [-0.2, 0) is 9.53 Å². The summed E-state index contributed by atoms with van der Waals surface area (Å²) in [6.45, 7) is 1.42. The van der Waals surface area contributed by atoms with Crippen LogP contribution in [-0.4, -0.2) is 43.2 Å². The number of amides is 1. The van der Waals surface area contributed by atoms with Gasteiger partial charge < -0.3 is 19.5 Å². The highest BCUT2D eigenvalue weighted by Gasteiger charge is 2.34. The van der Waals surface area contributed by atoms with E-state index in [1.807, 2.05) is 18.2 Å². The third-order valence-electron chi connectivity index (χ3n) is 5.21. The maximum Gasteiger partial charge on any atom is 0.302 e. The quantitative estimate of drug-likeness (QED) is 0.753. The number of nitrogens with one attached hydrogen (secondary N) is 1. The molecule has 3 rings (SSSR count). The molecular weight excluding hydrogens is 372 g/mol. The standard InChI is InChI=1S/C22H26N2O5/c1-14(25)29-17-7-8-19(24-22(26)16-5-4-10-23-13-16)18(12-17)15-6-9-20(27-2)21(11-15)28-3/h4-6,9-11,13,17-19H,7-8,12H2,1-3H3,(H,24,26). The summed E-state index contributed by atoms with van der Waals surface area (Å²) in [5.74, 6) is 0.767. The number of ether oxygens (including phenoxy) is 3. The van der Waals surface area contributed by atoms with Crippen molar-refractivity contribution in [3.63, 3.8) is 0 Å². The Hall–Kier alpha value is -3.09. The van der Waals surface area contributed by atoms with Crippen molar-refractivity contribution in [1.29, 1.82) is 0 Å². The molecule has 29 heavy (non-hydrogen) atoms. The summed E-state index contributed by atoms with van der Waals surface area (Å²) >= 11 is 0. The molecule has 1 N–H and O–H groups in total. The Morgan fingerprint density at radius 1 is 1.10 bits per heavy atom. The van der Waals surface area contributed by atoms with Gasteiger partial charge in [-0.25, -0.2) is 0 Å². The number of nitrogens with zero attached hydrogens (tertiary/aromatic N) is 1. The molecule has 1 aliphatic carbocycles. The second kappa shape index (κ2) is 9.41. The van der Waals surface area contributed by atoms with Crippen molar-refractivity contribution in [3.8, 4) is 11.5 Å². The number of pyridine rings is 1. The molecule has 3 atom stereocenters. The second-order valence-corrected chi connectivity index (χ2v) is 7.09. The van der Waals surface area contributed by atoms with E-state index in [0.29, 0.717) is 36.3 Å². The molecule has 1 aliphatic rings. The summed E-state index contributed by atoms with van der Waals surface area (Å²) in [6, 6.07) is 9.10. The average molecular weight is 398 g/mol. The molecule has 0 radical (unpaired) electrons. The summed E-state index contributed by atoms with van der Waals surface area (Å²) in [5.41, 5.74) is 1.51. The highest BCUT2D eigenvalue weighted by atomic mass is 16.5. The van der Waals surface area contributed by atoms with Crippen LogP contribution in [0.25, 0.3) is 0 Å². The second-order valence-electron chi connectivity index (χ2n) is 7.09. The largest absolute Gasteiger partial charge is 0.493 e. The van der Waals surface area contributed by atoms with E-state index in [9.17, 15) is 9.59 Å². The zero-order chi connectivity index (χ0) is 20.8. The number of hydrogen-bond donors (Lipinski definition) is 1. The van der Waals surface area contributed by atoms with Crippen molar-refractivity contribution in [2.45, 2.75) is 44.2 Å². The Labute approximate surface area is 170 Å². The number of carbonyl (C=O) groups excluding carboxylic acids is 2. The average Bonchev–Trinajstić information content (AvgIpc) is 2.74. The van der Waals surface area contributed by atoms with Crippen molar-refractivity contribution in [1.82, 2.24) is 10.3 Å². The van der Waals surface area contributed by atoms with Gasteiger partial charge in [0, 0.05) is 31.3 Å². The molecular formula is C22H26N2O5. The molecule has 1 aromatic carbocycles. The van der Waals surface area contributed by atoms with Gasteiger partial charge in [-0.1, -0.05) is 6.07 Å². The lowest BCUT2D eigenvalue weighted by molar-refractivity contribution is -0.148. The lowest BCUT2D eigenvalue weighted by Crippen LogP contribution is -2.44. The van der Waals surface area contributed by atoms with E-state index in [0.717, 1.165) is 5.56 Å². The first-order valence-corrected chi connectivity index (χ1v) is 9.61. The molecule has 7 heteroatoms. The zero-order valence-corrected chi connectivity index (χ0v) is 16.9. The van der Waals surface area contributed by atoms with E-state index in [1.165, 1.54) is 6.92 Å². The molecule has 0 bridgehead atoms. The van der Waals surface area contributed by atoms with Crippen LogP contribution in [0.1, 0.15) is 48.0 Å².